The Labute approximate surface area is 166 Å². The third-order valence-corrected chi connectivity index (χ3v) is 3.88. The van der Waals surface area contributed by atoms with Crippen molar-refractivity contribution in [3.63, 3.8) is 0 Å². The third kappa shape index (κ3) is 5.88. The van der Waals surface area contributed by atoms with E-state index in [1.807, 2.05) is 0 Å². The molecule has 0 radical (unpaired) electrons. The van der Waals surface area contributed by atoms with Gasteiger partial charge in [-0.25, -0.2) is 4.79 Å². The minimum absolute atomic E-state index is 0.0600. The van der Waals surface area contributed by atoms with Gasteiger partial charge in [0.15, 0.2) is 6.61 Å². The van der Waals surface area contributed by atoms with E-state index in [-0.39, 0.29) is 24.1 Å². The third-order valence-electron chi connectivity index (χ3n) is 3.88. The number of benzene rings is 2. The molecule has 162 valence electrons. The highest BCUT2D eigenvalue weighted by molar-refractivity contribution is 6.05. The Morgan fingerprint density at radius 2 is 1.50 bits per heavy atom. The van der Waals surface area contributed by atoms with E-state index in [0.29, 0.717) is 17.7 Å². The summed E-state index contributed by atoms with van der Waals surface area (Å²) < 4.78 is 87.2. The van der Waals surface area contributed by atoms with Gasteiger partial charge in [0.25, 0.3) is 5.91 Å². The molecule has 2 aromatic carbocycles. The molecule has 2 rings (SSSR count). The van der Waals surface area contributed by atoms with E-state index in [4.69, 9.17) is 4.74 Å². The molecule has 30 heavy (non-hydrogen) atoms. The Morgan fingerprint density at radius 3 is 1.97 bits per heavy atom. The highest BCUT2D eigenvalue weighted by Crippen LogP contribution is 2.36. The molecule has 1 amide bonds. The van der Waals surface area contributed by atoms with Gasteiger partial charge in [-0.3, -0.25) is 4.79 Å². The fourth-order valence-corrected chi connectivity index (χ4v) is 2.35. The number of ether oxygens (including phenoxy) is 2. The van der Waals surface area contributed by atoms with Crippen molar-refractivity contribution in [2.45, 2.75) is 19.3 Å². The monoisotopic (exact) mass is 435 g/mol. The SMILES string of the molecule is COC(=O)COc1ccc(NC(=O)c2cc(C(F)(F)F)cc(C(F)(F)F)c2)c(C)c1. The molecule has 0 aliphatic heterocycles. The first-order chi connectivity index (χ1) is 13.8. The summed E-state index contributed by atoms with van der Waals surface area (Å²) in [6.45, 7) is 1.15. The molecule has 0 fully saturated rings. The van der Waals surface area contributed by atoms with Crippen LogP contribution in [0.25, 0.3) is 0 Å². The van der Waals surface area contributed by atoms with Gasteiger partial charge < -0.3 is 14.8 Å². The number of amides is 1. The molecule has 0 bridgehead atoms. The van der Waals surface area contributed by atoms with Gasteiger partial charge in [0.1, 0.15) is 5.75 Å². The first-order valence-electron chi connectivity index (χ1n) is 8.22. The molecule has 2 aromatic rings. The highest BCUT2D eigenvalue weighted by Gasteiger charge is 2.37. The van der Waals surface area contributed by atoms with Crippen molar-refractivity contribution in [1.82, 2.24) is 0 Å². The first-order valence-corrected chi connectivity index (χ1v) is 8.22. The summed E-state index contributed by atoms with van der Waals surface area (Å²) in [6, 6.07) is 4.74. The summed E-state index contributed by atoms with van der Waals surface area (Å²) in [5.74, 6) is -1.54. The van der Waals surface area contributed by atoms with E-state index < -0.39 is 40.9 Å². The molecule has 0 atom stereocenters. The van der Waals surface area contributed by atoms with Crippen LogP contribution in [0.15, 0.2) is 36.4 Å². The van der Waals surface area contributed by atoms with E-state index in [2.05, 4.69) is 10.1 Å². The van der Waals surface area contributed by atoms with Crippen molar-refractivity contribution in [2.75, 3.05) is 19.0 Å². The molecule has 0 saturated carbocycles. The van der Waals surface area contributed by atoms with Crippen LogP contribution in [-0.4, -0.2) is 25.6 Å². The zero-order valence-electron chi connectivity index (χ0n) is 15.6. The fraction of sp³-hybridized carbons (Fsp3) is 0.263. The first kappa shape index (κ1) is 23.0. The molecule has 0 heterocycles. The number of alkyl halides is 6. The number of carbonyl (C=O) groups is 2. The van der Waals surface area contributed by atoms with Gasteiger partial charge in [0.05, 0.1) is 18.2 Å². The summed E-state index contributed by atoms with van der Waals surface area (Å²) in [4.78, 5) is 23.4. The van der Waals surface area contributed by atoms with Crippen LogP contribution in [0.2, 0.25) is 0 Å². The topological polar surface area (TPSA) is 64.6 Å². The van der Waals surface area contributed by atoms with E-state index in [9.17, 15) is 35.9 Å². The Kier molecular flexibility index (Phi) is 6.63. The zero-order valence-corrected chi connectivity index (χ0v) is 15.6. The lowest BCUT2D eigenvalue weighted by Crippen LogP contribution is -2.17. The Hall–Kier alpha value is -3.24. The molecule has 0 unspecified atom stereocenters. The summed E-state index contributed by atoms with van der Waals surface area (Å²) in [5, 5.41) is 2.27. The van der Waals surface area contributed by atoms with Crippen molar-refractivity contribution in [3.05, 3.63) is 58.7 Å². The van der Waals surface area contributed by atoms with Crippen molar-refractivity contribution >= 4 is 17.6 Å². The smallest absolute Gasteiger partial charge is 0.416 e. The van der Waals surface area contributed by atoms with Crippen molar-refractivity contribution in [1.29, 1.82) is 0 Å². The largest absolute Gasteiger partial charge is 0.482 e. The van der Waals surface area contributed by atoms with Crippen LogP contribution in [0.3, 0.4) is 0 Å². The minimum Gasteiger partial charge on any atom is -0.482 e. The fourth-order valence-electron chi connectivity index (χ4n) is 2.35. The number of rotatable bonds is 5. The average Bonchev–Trinajstić information content (AvgIpc) is 2.66. The van der Waals surface area contributed by atoms with Gasteiger partial charge in [-0.05, 0) is 48.9 Å². The second-order valence-corrected chi connectivity index (χ2v) is 6.09. The van der Waals surface area contributed by atoms with E-state index in [0.717, 1.165) is 0 Å². The summed E-state index contributed by atoms with van der Waals surface area (Å²) in [7, 11) is 1.17. The summed E-state index contributed by atoms with van der Waals surface area (Å²) >= 11 is 0. The van der Waals surface area contributed by atoms with Crippen LogP contribution < -0.4 is 10.1 Å². The normalized spacial score (nSPS) is 11.7. The van der Waals surface area contributed by atoms with Crippen LogP contribution in [0.4, 0.5) is 32.0 Å². The Balaban J connectivity index is 2.28. The van der Waals surface area contributed by atoms with Gasteiger partial charge in [0, 0.05) is 11.3 Å². The molecule has 0 aliphatic carbocycles. The van der Waals surface area contributed by atoms with Crippen LogP contribution in [0, 0.1) is 6.92 Å². The molecule has 11 heteroatoms. The number of hydrogen-bond acceptors (Lipinski definition) is 4. The standard InChI is InChI=1S/C19H15F6NO4/c1-10-5-14(30-9-16(27)29-2)3-4-15(10)26-17(28)11-6-12(18(20,21)22)8-13(7-11)19(23,24)25/h3-8H,9H2,1-2H3,(H,26,28). The number of esters is 1. The maximum absolute atomic E-state index is 12.9. The predicted octanol–water partition coefficient (Wildman–Crippen LogP) is 4.84. The van der Waals surface area contributed by atoms with Crippen molar-refractivity contribution < 1.29 is 45.4 Å². The molecule has 0 spiro atoms. The van der Waals surface area contributed by atoms with Crippen LogP contribution in [0.5, 0.6) is 5.75 Å². The number of carbonyl (C=O) groups excluding carboxylic acids is 2. The lowest BCUT2D eigenvalue weighted by Gasteiger charge is -2.15. The summed E-state index contributed by atoms with van der Waals surface area (Å²) in [5.41, 5.74) is -3.45. The average molecular weight is 435 g/mol. The van der Waals surface area contributed by atoms with E-state index >= 15 is 0 Å². The molecule has 0 aromatic heterocycles. The minimum atomic E-state index is -5.06. The van der Waals surface area contributed by atoms with Gasteiger partial charge in [-0.1, -0.05) is 0 Å². The van der Waals surface area contributed by atoms with Crippen LogP contribution in [0.1, 0.15) is 27.0 Å². The van der Waals surface area contributed by atoms with Gasteiger partial charge in [-0.15, -0.1) is 0 Å². The molecule has 0 saturated heterocycles. The second-order valence-electron chi connectivity index (χ2n) is 6.09. The molecule has 5 nitrogen and oxygen atoms in total. The number of methoxy groups -OCH3 is 1. The zero-order chi connectivity index (χ0) is 22.7. The highest BCUT2D eigenvalue weighted by atomic mass is 19.4. The quantitative estimate of drug-likeness (QED) is 0.540. The van der Waals surface area contributed by atoms with E-state index in [1.165, 1.54) is 32.2 Å². The Morgan fingerprint density at radius 1 is 0.933 bits per heavy atom. The molecular weight excluding hydrogens is 420 g/mol. The van der Waals surface area contributed by atoms with Gasteiger partial charge in [-0.2, -0.15) is 26.3 Å². The van der Waals surface area contributed by atoms with Crippen LogP contribution in [-0.2, 0) is 21.9 Å². The maximum Gasteiger partial charge on any atom is 0.416 e. The van der Waals surface area contributed by atoms with Crippen molar-refractivity contribution in [3.8, 4) is 5.75 Å². The summed E-state index contributed by atoms with van der Waals surface area (Å²) in [6.07, 6.45) is -10.1. The van der Waals surface area contributed by atoms with Crippen molar-refractivity contribution in [2.24, 2.45) is 0 Å². The van der Waals surface area contributed by atoms with Gasteiger partial charge in [0.2, 0.25) is 0 Å². The molecular formula is C19H15F6NO4. The van der Waals surface area contributed by atoms with Gasteiger partial charge >= 0.3 is 18.3 Å². The maximum atomic E-state index is 12.9. The number of halogens is 6. The number of hydrogen-bond donors (Lipinski definition) is 1. The lowest BCUT2D eigenvalue weighted by atomic mass is 10.0. The number of anilines is 1. The van der Waals surface area contributed by atoms with Crippen LogP contribution >= 0.6 is 0 Å². The second kappa shape index (κ2) is 8.64. The molecule has 1 N–H and O–H groups in total. The molecule has 0 aliphatic rings. The predicted molar refractivity (Wildman–Crippen MR) is 93.1 cm³/mol. The number of nitrogens with one attached hydrogen (secondary N) is 1. The Bertz CT molecular complexity index is 921. The van der Waals surface area contributed by atoms with E-state index in [1.54, 1.807) is 0 Å². The number of aryl methyl sites for hydroxylation is 1. The lowest BCUT2D eigenvalue weighted by molar-refractivity contribution is -0.144.